The van der Waals surface area contributed by atoms with E-state index < -0.39 is 0 Å². The number of hydrogen-bond donors (Lipinski definition) is 0. The van der Waals surface area contributed by atoms with Crippen LogP contribution in [0.3, 0.4) is 0 Å². The van der Waals surface area contributed by atoms with Crippen molar-refractivity contribution in [2.75, 3.05) is 12.9 Å². The molecule has 1 heterocycles. The summed E-state index contributed by atoms with van der Waals surface area (Å²) in [7, 11) is 1.40. The molecular formula is C12H13NO2S. The standard InChI is InChI=1S/C12H13NO2S/c1-15-12(14)10-8-16-11(13-10)7-9-5-3-2-4-6-9/h2-6,10H,7-8H2,1H3/t10-/m1/s1. The summed E-state index contributed by atoms with van der Waals surface area (Å²) in [6.45, 7) is 0. The Morgan fingerprint density at radius 2 is 2.25 bits per heavy atom. The average molecular weight is 235 g/mol. The van der Waals surface area contributed by atoms with Gasteiger partial charge in [0, 0.05) is 12.2 Å². The maximum Gasteiger partial charge on any atom is 0.331 e. The van der Waals surface area contributed by atoms with Crippen LogP contribution in [-0.4, -0.2) is 29.9 Å². The van der Waals surface area contributed by atoms with Crippen molar-refractivity contribution >= 4 is 22.8 Å². The fourth-order valence-corrected chi connectivity index (χ4v) is 2.58. The second-order valence-electron chi connectivity index (χ2n) is 3.54. The quantitative estimate of drug-likeness (QED) is 0.751. The SMILES string of the molecule is COC(=O)[C@H]1CSC(Cc2ccccc2)=N1. The molecule has 1 aromatic carbocycles. The molecule has 84 valence electrons. The predicted octanol–water partition coefficient (Wildman–Crippen LogP) is 1.92. The number of carbonyl (C=O) groups excluding carboxylic acids is 1. The Bertz CT molecular complexity index is 403. The molecule has 2 rings (SSSR count). The predicted molar refractivity (Wildman–Crippen MR) is 65.8 cm³/mol. The minimum Gasteiger partial charge on any atom is -0.467 e. The van der Waals surface area contributed by atoms with Crippen molar-refractivity contribution in [3.63, 3.8) is 0 Å². The number of thioether (sulfide) groups is 1. The van der Waals surface area contributed by atoms with Gasteiger partial charge < -0.3 is 4.74 Å². The monoisotopic (exact) mass is 235 g/mol. The lowest BCUT2D eigenvalue weighted by Crippen LogP contribution is -2.19. The summed E-state index contributed by atoms with van der Waals surface area (Å²) in [5, 5.41) is 1.02. The van der Waals surface area contributed by atoms with E-state index in [-0.39, 0.29) is 12.0 Å². The highest BCUT2D eigenvalue weighted by Gasteiger charge is 2.25. The van der Waals surface area contributed by atoms with Gasteiger partial charge in [0.05, 0.1) is 12.2 Å². The maximum absolute atomic E-state index is 11.3. The summed E-state index contributed by atoms with van der Waals surface area (Å²) in [5.74, 6) is 0.463. The van der Waals surface area contributed by atoms with Gasteiger partial charge >= 0.3 is 5.97 Å². The molecule has 0 unspecified atom stereocenters. The summed E-state index contributed by atoms with van der Waals surface area (Å²) < 4.78 is 4.67. The van der Waals surface area contributed by atoms with E-state index in [1.165, 1.54) is 12.7 Å². The van der Waals surface area contributed by atoms with E-state index in [1.54, 1.807) is 11.8 Å². The van der Waals surface area contributed by atoms with E-state index in [1.807, 2.05) is 18.2 Å². The van der Waals surface area contributed by atoms with Gasteiger partial charge in [-0.3, -0.25) is 4.99 Å². The summed E-state index contributed by atoms with van der Waals surface area (Å²) in [6.07, 6.45) is 0.805. The Kier molecular flexibility index (Phi) is 3.62. The van der Waals surface area contributed by atoms with Crippen molar-refractivity contribution in [1.29, 1.82) is 0 Å². The third-order valence-electron chi connectivity index (χ3n) is 2.38. The highest BCUT2D eigenvalue weighted by molar-refractivity contribution is 8.14. The molecule has 1 aliphatic rings. The number of nitrogens with zero attached hydrogens (tertiary/aromatic N) is 1. The van der Waals surface area contributed by atoms with Crippen molar-refractivity contribution in [3.05, 3.63) is 35.9 Å². The molecule has 1 atom stereocenters. The molecule has 0 saturated heterocycles. The first-order chi connectivity index (χ1) is 7.79. The molecule has 0 spiro atoms. The first-order valence-corrected chi connectivity index (χ1v) is 6.09. The molecule has 0 radical (unpaired) electrons. The number of rotatable bonds is 3. The first kappa shape index (κ1) is 11.2. The second-order valence-corrected chi connectivity index (χ2v) is 4.63. The van der Waals surface area contributed by atoms with Crippen molar-refractivity contribution in [2.24, 2.45) is 4.99 Å². The van der Waals surface area contributed by atoms with Crippen molar-refractivity contribution in [2.45, 2.75) is 12.5 Å². The van der Waals surface area contributed by atoms with Crippen molar-refractivity contribution in [1.82, 2.24) is 0 Å². The van der Waals surface area contributed by atoms with Gasteiger partial charge in [0.25, 0.3) is 0 Å². The van der Waals surface area contributed by atoms with Gasteiger partial charge in [0.1, 0.15) is 0 Å². The first-order valence-electron chi connectivity index (χ1n) is 5.11. The third kappa shape index (κ3) is 2.64. The molecule has 3 nitrogen and oxygen atoms in total. The number of aliphatic imine (C=N–C) groups is 1. The lowest BCUT2D eigenvalue weighted by molar-refractivity contribution is -0.141. The molecule has 0 saturated carbocycles. The third-order valence-corrected chi connectivity index (χ3v) is 3.44. The van der Waals surface area contributed by atoms with Crippen molar-refractivity contribution in [3.8, 4) is 0 Å². The van der Waals surface area contributed by atoms with E-state index in [0.29, 0.717) is 5.75 Å². The van der Waals surface area contributed by atoms with Gasteiger partial charge in [-0.25, -0.2) is 4.79 Å². The van der Waals surface area contributed by atoms with Crippen molar-refractivity contribution < 1.29 is 9.53 Å². The number of esters is 1. The lowest BCUT2D eigenvalue weighted by atomic mass is 10.2. The van der Waals surface area contributed by atoms with Crippen LogP contribution in [0.5, 0.6) is 0 Å². The van der Waals surface area contributed by atoms with Gasteiger partial charge in [-0.15, -0.1) is 11.8 Å². The van der Waals surface area contributed by atoms with Gasteiger partial charge in [0.15, 0.2) is 6.04 Å². The summed E-state index contributed by atoms with van der Waals surface area (Å²) in [6, 6.07) is 9.82. The Labute approximate surface area is 98.9 Å². The molecule has 4 heteroatoms. The van der Waals surface area contributed by atoms with Crippen LogP contribution >= 0.6 is 11.8 Å². The number of ether oxygens (including phenoxy) is 1. The highest BCUT2D eigenvalue weighted by atomic mass is 32.2. The Morgan fingerprint density at radius 3 is 2.94 bits per heavy atom. The van der Waals surface area contributed by atoms with Gasteiger partial charge in [-0.2, -0.15) is 0 Å². The summed E-state index contributed by atoms with van der Waals surface area (Å²) in [5.41, 5.74) is 1.22. The van der Waals surface area contributed by atoms with E-state index in [2.05, 4.69) is 21.9 Å². The molecule has 1 aliphatic heterocycles. The van der Waals surface area contributed by atoms with Crippen LogP contribution in [0.25, 0.3) is 0 Å². The molecule has 16 heavy (non-hydrogen) atoms. The van der Waals surface area contributed by atoms with E-state index in [0.717, 1.165) is 11.5 Å². The summed E-state index contributed by atoms with van der Waals surface area (Å²) in [4.78, 5) is 15.6. The smallest absolute Gasteiger partial charge is 0.331 e. The van der Waals surface area contributed by atoms with Gasteiger partial charge in [-0.1, -0.05) is 30.3 Å². The number of benzene rings is 1. The second kappa shape index (κ2) is 5.16. The molecule has 0 fully saturated rings. The minimum absolute atomic E-state index is 0.240. The largest absolute Gasteiger partial charge is 0.467 e. The molecule has 0 amide bonds. The number of methoxy groups -OCH3 is 1. The molecule has 0 aliphatic carbocycles. The Morgan fingerprint density at radius 1 is 1.50 bits per heavy atom. The van der Waals surface area contributed by atoms with Gasteiger partial charge in [0.2, 0.25) is 0 Å². The van der Waals surface area contributed by atoms with E-state index in [9.17, 15) is 4.79 Å². The number of hydrogen-bond acceptors (Lipinski definition) is 4. The van der Waals surface area contributed by atoms with E-state index >= 15 is 0 Å². The fourth-order valence-electron chi connectivity index (χ4n) is 1.55. The van der Waals surface area contributed by atoms with E-state index in [4.69, 9.17) is 0 Å². The lowest BCUT2D eigenvalue weighted by Gasteiger charge is -2.01. The number of carbonyl (C=O) groups is 1. The Hall–Kier alpha value is -1.29. The molecular weight excluding hydrogens is 222 g/mol. The normalized spacial score (nSPS) is 19.3. The zero-order valence-corrected chi connectivity index (χ0v) is 9.87. The zero-order valence-electron chi connectivity index (χ0n) is 9.05. The average Bonchev–Trinajstić information content (AvgIpc) is 2.78. The fraction of sp³-hybridized carbons (Fsp3) is 0.333. The molecule has 0 N–H and O–H groups in total. The summed E-state index contributed by atoms with van der Waals surface area (Å²) >= 11 is 1.64. The van der Waals surface area contributed by atoms with Crippen LogP contribution in [-0.2, 0) is 16.0 Å². The zero-order chi connectivity index (χ0) is 11.4. The maximum atomic E-state index is 11.3. The van der Waals surface area contributed by atoms with Crippen LogP contribution in [0.4, 0.5) is 0 Å². The molecule has 0 bridgehead atoms. The minimum atomic E-state index is -0.311. The molecule has 1 aromatic rings. The van der Waals surface area contributed by atoms with Crippen LogP contribution in [0.2, 0.25) is 0 Å². The molecule has 0 aromatic heterocycles. The highest BCUT2D eigenvalue weighted by Crippen LogP contribution is 2.21. The Balaban J connectivity index is 2.00. The van der Waals surface area contributed by atoms with Crippen LogP contribution in [0, 0.1) is 0 Å². The van der Waals surface area contributed by atoms with Gasteiger partial charge in [-0.05, 0) is 5.56 Å². The van der Waals surface area contributed by atoms with Crippen LogP contribution < -0.4 is 0 Å². The van der Waals surface area contributed by atoms with Crippen LogP contribution in [0.15, 0.2) is 35.3 Å². The topological polar surface area (TPSA) is 38.7 Å². The van der Waals surface area contributed by atoms with Crippen LogP contribution in [0.1, 0.15) is 5.56 Å².